The Kier molecular flexibility index (Phi) is 3.56. The summed E-state index contributed by atoms with van der Waals surface area (Å²) in [6.45, 7) is 1.78. The quantitative estimate of drug-likeness (QED) is 0.824. The van der Waals surface area contributed by atoms with Gasteiger partial charge in [-0.1, -0.05) is 6.42 Å². The molecule has 0 saturated carbocycles. The van der Waals surface area contributed by atoms with Gasteiger partial charge in [-0.15, -0.1) is 0 Å². The highest BCUT2D eigenvalue weighted by molar-refractivity contribution is 5.26. The second-order valence-corrected chi connectivity index (χ2v) is 4.21. The first-order chi connectivity index (χ1) is 7.75. The molecule has 1 aliphatic rings. The second-order valence-electron chi connectivity index (χ2n) is 4.21. The minimum absolute atomic E-state index is 0.374. The van der Waals surface area contributed by atoms with Gasteiger partial charge in [-0.2, -0.15) is 4.98 Å². The fourth-order valence-electron chi connectivity index (χ4n) is 1.95. The molecular weight excluding hydrogens is 204 g/mol. The molecule has 1 aromatic heterocycles. The molecule has 0 aliphatic carbocycles. The first-order valence-corrected chi connectivity index (χ1v) is 5.67. The first kappa shape index (κ1) is 11.1. The fourth-order valence-corrected chi connectivity index (χ4v) is 1.95. The van der Waals surface area contributed by atoms with Crippen LogP contribution in [-0.2, 0) is 0 Å². The van der Waals surface area contributed by atoms with E-state index in [9.17, 15) is 0 Å². The van der Waals surface area contributed by atoms with Crippen LogP contribution in [0.2, 0.25) is 0 Å². The summed E-state index contributed by atoms with van der Waals surface area (Å²) in [7, 11) is 2.13. The number of hydrogen-bond acceptors (Lipinski definition) is 5. The average Bonchev–Trinajstić information content (AvgIpc) is 2.28. The molecule has 1 aliphatic heterocycles. The number of likely N-dealkylation sites (tertiary alicyclic amines) is 1. The zero-order chi connectivity index (χ0) is 11.4. The Hall–Kier alpha value is -1.36. The van der Waals surface area contributed by atoms with E-state index in [1.54, 1.807) is 12.3 Å². The van der Waals surface area contributed by atoms with Crippen molar-refractivity contribution in [2.75, 3.05) is 25.9 Å². The van der Waals surface area contributed by atoms with Crippen molar-refractivity contribution in [3.05, 3.63) is 12.3 Å². The second kappa shape index (κ2) is 5.12. The zero-order valence-corrected chi connectivity index (χ0v) is 9.59. The molecule has 2 rings (SSSR count). The van der Waals surface area contributed by atoms with Gasteiger partial charge in [0.25, 0.3) is 0 Å². The van der Waals surface area contributed by atoms with Gasteiger partial charge in [0, 0.05) is 12.2 Å². The predicted octanol–water partition coefficient (Wildman–Crippen LogP) is 0.922. The number of piperidine rings is 1. The molecule has 88 valence electrons. The Labute approximate surface area is 95.6 Å². The van der Waals surface area contributed by atoms with E-state index in [0.717, 1.165) is 6.54 Å². The van der Waals surface area contributed by atoms with Crippen molar-refractivity contribution in [2.24, 2.45) is 0 Å². The van der Waals surface area contributed by atoms with Crippen LogP contribution in [0, 0.1) is 0 Å². The molecule has 0 spiro atoms. The lowest BCUT2D eigenvalue weighted by Gasteiger charge is -2.31. The molecule has 5 heteroatoms. The van der Waals surface area contributed by atoms with Gasteiger partial charge >= 0.3 is 6.01 Å². The number of likely N-dealkylation sites (N-methyl/N-ethyl adjacent to an activating group) is 1. The predicted molar refractivity (Wildman–Crippen MR) is 62.2 cm³/mol. The maximum Gasteiger partial charge on any atom is 0.318 e. The van der Waals surface area contributed by atoms with E-state index in [1.807, 2.05) is 0 Å². The minimum Gasteiger partial charge on any atom is -0.462 e. The Balaban J connectivity index is 1.86. The molecule has 0 radical (unpaired) electrons. The third-order valence-corrected chi connectivity index (χ3v) is 2.98. The number of nitrogen functional groups attached to an aromatic ring is 1. The Bertz CT molecular complexity index is 345. The van der Waals surface area contributed by atoms with Crippen LogP contribution in [0.25, 0.3) is 0 Å². The topological polar surface area (TPSA) is 64.3 Å². The summed E-state index contributed by atoms with van der Waals surface area (Å²) in [4.78, 5) is 10.4. The first-order valence-electron chi connectivity index (χ1n) is 5.67. The van der Waals surface area contributed by atoms with Crippen molar-refractivity contribution in [3.8, 4) is 6.01 Å². The van der Waals surface area contributed by atoms with Gasteiger partial charge < -0.3 is 15.4 Å². The van der Waals surface area contributed by atoms with Crippen molar-refractivity contribution in [2.45, 2.75) is 25.3 Å². The van der Waals surface area contributed by atoms with Crippen LogP contribution >= 0.6 is 0 Å². The van der Waals surface area contributed by atoms with Crippen LogP contribution in [0.5, 0.6) is 6.01 Å². The van der Waals surface area contributed by atoms with Gasteiger partial charge in [0.1, 0.15) is 12.4 Å². The van der Waals surface area contributed by atoms with Crippen LogP contribution < -0.4 is 10.5 Å². The lowest BCUT2D eigenvalue weighted by Crippen LogP contribution is -2.40. The molecule has 2 N–H and O–H groups in total. The fraction of sp³-hybridized carbons (Fsp3) is 0.636. The van der Waals surface area contributed by atoms with Crippen molar-refractivity contribution in [1.82, 2.24) is 14.9 Å². The normalized spacial score (nSPS) is 21.9. The molecule has 5 nitrogen and oxygen atoms in total. The SMILES string of the molecule is CN1CCCCC1COc1nccc(N)n1. The van der Waals surface area contributed by atoms with Crippen molar-refractivity contribution in [1.29, 1.82) is 0 Å². The number of ether oxygens (including phenoxy) is 1. The third kappa shape index (κ3) is 2.82. The monoisotopic (exact) mass is 222 g/mol. The standard InChI is InChI=1S/C11H18N4O/c1-15-7-3-2-4-9(15)8-16-11-13-6-5-10(12)14-11/h5-6,9H,2-4,7-8H2,1H3,(H2,12,13,14). The van der Waals surface area contributed by atoms with Crippen LogP contribution in [0.1, 0.15) is 19.3 Å². The number of nitrogens with zero attached hydrogens (tertiary/aromatic N) is 3. The average molecular weight is 222 g/mol. The number of hydrogen-bond donors (Lipinski definition) is 1. The molecule has 1 atom stereocenters. The number of rotatable bonds is 3. The van der Waals surface area contributed by atoms with Crippen LogP contribution in [0.4, 0.5) is 5.82 Å². The van der Waals surface area contributed by atoms with Crippen LogP contribution in [0.3, 0.4) is 0 Å². The summed E-state index contributed by atoms with van der Waals surface area (Å²) < 4.78 is 5.55. The van der Waals surface area contributed by atoms with E-state index in [1.165, 1.54) is 19.3 Å². The summed E-state index contributed by atoms with van der Waals surface area (Å²) in [6, 6.07) is 2.50. The summed E-state index contributed by atoms with van der Waals surface area (Å²) in [5.74, 6) is 0.446. The molecular formula is C11H18N4O. The molecule has 1 aromatic rings. The van der Waals surface area contributed by atoms with Gasteiger partial charge in [0.15, 0.2) is 0 Å². The van der Waals surface area contributed by atoms with Gasteiger partial charge in [-0.25, -0.2) is 4.98 Å². The Morgan fingerprint density at radius 3 is 3.19 bits per heavy atom. The molecule has 2 heterocycles. The molecule has 0 aromatic carbocycles. The van der Waals surface area contributed by atoms with E-state index in [0.29, 0.717) is 24.5 Å². The summed E-state index contributed by atoms with van der Waals surface area (Å²) in [6.07, 6.45) is 5.35. The largest absolute Gasteiger partial charge is 0.462 e. The van der Waals surface area contributed by atoms with E-state index < -0.39 is 0 Å². The van der Waals surface area contributed by atoms with Gasteiger partial charge in [-0.3, -0.25) is 0 Å². The molecule has 1 unspecified atom stereocenters. The van der Waals surface area contributed by atoms with Gasteiger partial charge in [-0.05, 0) is 32.5 Å². The minimum atomic E-state index is 0.374. The summed E-state index contributed by atoms with van der Waals surface area (Å²) in [5.41, 5.74) is 5.55. The third-order valence-electron chi connectivity index (χ3n) is 2.98. The highest BCUT2D eigenvalue weighted by Gasteiger charge is 2.19. The lowest BCUT2D eigenvalue weighted by molar-refractivity contribution is 0.120. The number of nitrogens with two attached hydrogens (primary N) is 1. The van der Waals surface area contributed by atoms with Crippen LogP contribution in [0.15, 0.2) is 12.3 Å². The van der Waals surface area contributed by atoms with Gasteiger partial charge in [0.2, 0.25) is 0 Å². The molecule has 0 bridgehead atoms. The molecule has 0 amide bonds. The van der Waals surface area contributed by atoms with E-state index >= 15 is 0 Å². The number of anilines is 1. The summed E-state index contributed by atoms with van der Waals surface area (Å²) >= 11 is 0. The Morgan fingerprint density at radius 1 is 1.56 bits per heavy atom. The zero-order valence-electron chi connectivity index (χ0n) is 9.59. The van der Waals surface area contributed by atoms with Crippen molar-refractivity contribution in [3.63, 3.8) is 0 Å². The van der Waals surface area contributed by atoms with Crippen molar-refractivity contribution >= 4 is 5.82 Å². The van der Waals surface area contributed by atoms with E-state index in [-0.39, 0.29) is 0 Å². The molecule has 1 saturated heterocycles. The van der Waals surface area contributed by atoms with Crippen LogP contribution in [-0.4, -0.2) is 41.1 Å². The highest BCUT2D eigenvalue weighted by Crippen LogP contribution is 2.15. The maximum absolute atomic E-state index is 5.55. The maximum atomic E-state index is 5.55. The highest BCUT2D eigenvalue weighted by atomic mass is 16.5. The lowest BCUT2D eigenvalue weighted by atomic mass is 10.0. The summed E-state index contributed by atoms with van der Waals surface area (Å²) in [5, 5.41) is 0. The number of aromatic nitrogens is 2. The van der Waals surface area contributed by atoms with Crippen molar-refractivity contribution < 1.29 is 4.74 Å². The van der Waals surface area contributed by atoms with Gasteiger partial charge in [0.05, 0.1) is 0 Å². The molecule has 1 fully saturated rings. The van der Waals surface area contributed by atoms with E-state index in [4.69, 9.17) is 10.5 Å². The Morgan fingerprint density at radius 2 is 2.44 bits per heavy atom. The molecule has 16 heavy (non-hydrogen) atoms. The van der Waals surface area contributed by atoms with E-state index in [2.05, 4.69) is 21.9 Å². The smallest absolute Gasteiger partial charge is 0.318 e.